The number of tetrazole rings is 1. The van der Waals surface area contributed by atoms with Crippen LogP contribution in [0.1, 0.15) is 5.56 Å². The Morgan fingerprint density at radius 2 is 2.04 bits per heavy atom. The molecule has 2 aromatic carbocycles. The van der Waals surface area contributed by atoms with Gasteiger partial charge in [0.1, 0.15) is 16.7 Å². The van der Waals surface area contributed by atoms with Crippen LogP contribution in [-0.2, 0) is 10.0 Å². The van der Waals surface area contributed by atoms with E-state index in [1.54, 1.807) is 30.3 Å². The summed E-state index contributed by atoms with van der Waals surface area (Å²) in [6, 6.07) is 9.68. The summed E-state index contributed by atoms with van der Waals surface area (Å²) < 4.78 is 34.0. The highest BCUT2D eigenvalue weighted by atomic mass is 32.2. The molecule has 0 radical (unpaired) electrons. The predicted octanol–water partition coefficient (Wildman–Crippen LogP) is 1.31. The normalized spacial score (nSPS) is 11.7. The van der Waals surface area contributed by atoms with E-state index in [1.165, 1.54) is 17.1 Å². The van der Waals surface area contributed by atoms with Crippen molar-refractivity contribution in [1.82, 2.24) is 30.5 Å². The van der Waals surface area contributed by atoms with Gasteiger partial charge < -0.3 is 0 Å². The Balaban J connectivity index is 1.70. The maximum absolute atomic E-state index is 12.7. The van der Waals surface area contributed by atoms with Gasteiger partial charge in [-0.3, -0.25) is 4.72 Å². The quantitative estimate of drug-likeness (QED) is 0.579. The van der Waals surface area contributed by atoms with Crippen LogP contribution in [-0.4, -0.2) is 38.9 Å². The fourth-order valence-electron chi connectivity index (χ4n) is 2.46. The number of anilines is 1. The van der Waals surface area contributed by atoms with Gasteiger partial charge in [-0.25, -0.2) is 17.7 Å². The summed E-state index contributed by atoms with van der Waals surface area (Å²) in [4.78, 5) is -0.00606. The smallest absolute Gasteiger partial charge is 0.264 e. The lowest BCUT2D eigenvalue weighted by atomic mass is 10.2. The zero-order valence-electron chi connectivity index (χ0n) is 12.9. The number of aromatic nitrogens is 6. The summed E-state index contributed by atoms with van der Waals surface area (Å²) in [5, 5.41) is 18.3. The highest BCUT2D eigenvalue weighted by Gasteiger charge is 2.20. The molecule has 4 rings (SSSR count). The molecule has 25 heavy (non-hydrogen) atoms. The van der Waals surface area contributed by atoms with Gasteiger partial charge in [0.2, 0.25) is 0 Å². The molecule has 0 spiro atoms. The van der Waals surface area contributed by atoms with Gasteiger partial charge >= 0.3 is 0 Å². The second-order valence-corrected chi connectivity index (χ2v) is 6.90. The SMILES string of the molecule is Cc1cc(NS(=O)(=O)c2cccc3nonc23)ccc1-n1cnnn1. The van der Waals surface area contributed by atoms with Gasteiger partial charge in [0.25, 0.3) is 10.0 Å². The van der Waals surface area contributed by atoms with E-state index in [4.69, 9.17) is 0 Å². The average molecular weight is 357 g/mol. The van der Waals surface area contributed by atoms with Gasteiger partial charge in [-0.15, -0.1) is 5.10 Å². The molecule has 0 aliphatic carbocycles. The van der Waals surface area contributed by atoms with E-state index in [0.29, 0.717) is 11.2 Å². The zero-order valence-corrected chi connectivity index (χ0v) is 13.7. The Morgan fingerprint density at radius 1 is 1.16 bits per heavy atom. The fourth-order valence-corrected chi connectivity index (χ4v) is 3.66. The number of rotatable bonds is 4. The molecule has 0 aliphatic heterocycles. The van der Waals surface area contributed by atoms with Gasteiger partial charge in [-0.05, 0) is 63.6 Å². The lowest BCUT2D eigenvalue weighted by Gasteiger charge is -2.11. The van der Waals surface area contributed by atoms with E-state index in [0.717, 1.165) is 11.3 Å². The van der Waals surface area contributed by atoms with Crippen LogP contribution in [0.5, 0.6) is 0 Å². The first-order valence-corrected chi connectivity index (χ1v) is 8.61. The Hall–Kier alpha value is -3.34. The van der Waals surface area contributed by atoms with Crippen molar-refractivity contribution in [3.8, 4) is 5.69 Å². The average Bonchev–Trinajstić information content (AvgIpc) is 3.25. The lowest BCUT2D eigenvalue weighted by molar-refractivity contribution is 0.315. The molecule has 126 valence electrons. The molecule has 0 fully saturated rings. The van der Waals surface area contributed by atoms with Crippen LogP contribution in [0, 0.1) is 6.92 Å². The fraction of sp³-hybridized carbons (Fsp3) is 0.0714. The van der Waals surface area contributed by atoms with Crippen LogP contribution < -0.4 is 4.72 Å². The van der Waals surface area contributed by atoms with E-state index in [9.17, 15) is 8.42 Å². The summed E-state index contributed by atoms with van der Waals surface area (Å²) in [5.74, 6) is 0. The van der Waals surface area contributed by atoms with Crippen molar-refractivity contribution in [2.24, 2.45) is 0 Å². The van der Waals surface area contributed by atoms with Crippen molar-refractivity contribution in [1.29, 1.82) is 0 Å². The van der Waals surface area contributed by atoms with Crippen molar-refractivity contribution in [3.63, 3.8) is 0 Å². The topological polar surface area (TPSA) is 129 Å². The first-order chi connectivity index (χ1) is 12.0. The lowest BCUT2D eigenvalue weighted by Crippen LogP contribution is -2.14. The minimum atomic E-state index is -3.85. The molecule has 0 atom stereocenters. The Labute approximate surface area is 141 Å². The molecule has 0 bridgehead atoms. The summed E-state index contributed by atoms with van der Waals surface area (Å²) in [7, 11) is -3.85. The molecular formula is C14H11N7O3S. The van der Waals surface area contributed by atoms with E-state index < -0.39 is 10.0 Å². The van der Waals surface area contributed by atoms with Crippen molar-refractivity contribution in [3.05, 3.63) is 48.3 Å². The third-order valence-corrected chi connectivity index (χ3v) is 5.00. The van der Waals surface area contributed by atoms with Gasteiger partial charge in [-0.1, -0.05) is 6.07 Å². The maximum Gasteiger partial charge on any atom is 0.264 e. The molecule has 11 heteroatoms. The zero-order chi connectivity index (χ0) is 17.4. The first-order valence-electron chi connectivity index (χ1n) is 7.13. The summed E-state index contributed by atoms with van der Waals surface area (Å²) >= 11 is 0. The molecule has 2 aromatic heterocycles. The number of nitrogens with zero attached hydrogens (tertiary/aromatic N) is 6. The molecule has 0 aliphatic rings. The highest BCUT2D eigenvalue weighted by Crippen LogP contribution is 2.24. The second kappa shape index (κ2) is 5.63. The highest BCUT2D eigenvalue weighted by molar-refractivity contribution is 7.93. The summed E-state index contributed by atoms with van der Waals surface area (Å²) in [5.41, 5.74) is 2.50. The van der Waals surface area contributed by atoms with Crippen LogP contribution in [0.25, 0.3) is 16.7 Å². The number of hydrogen-bond donors (Lipinski definition) is 1. The Bertz CT molecular complexity index is 1150. The van der Waals surface area contributed by atoms with Gasteiger partial charge in [0.05, 0.1) is 5.69 Å². The summed E-state index contributed by atoms with van der Waals surface area (Å²) in [6.07, 6.45) is 1.46. The number of hydrogen-bond acceptors (Lipinski definition) is 8. The minimum absolute atomic E-state index is 0.00606. The molecular weight excluding hydrogens is 346 g/mol. The van der Waals surface area contributed by atoms with E-state index in [1.807, 2.05) is 6.92 Å². The molecule has 1 N–H and O–H groups in total. The largest absolute Gasteiger partial charge is 0.280 e. The number of nitrogens with one attached hydrogen (secondary N) is 1. The predicted molar refractivity (Wildman–Crippen MR) is 86.5 cm³/mol. The number of benzene rings is 2. The van der Waals surface area contributed by atoms with Crippen LogP contribution >= 0.6 is 0 Å². The van der Waals surface area contributed by atoms with Gasteiger partial charge in [0, 0.05) is 5.69 Å². The number of aryl methyl sites for hydroxylation is 1. The Kier molecular flexibility index (Phi) is 3.42. The molecule has 4 aromatic rings. The van der Waals surface area contributed by atoms with Crippen molar-refractivity contribution in [2.75, 3.05) is 4.72 Å². The van der Waals surface area contributed by atoms with Crippen LogP contribution in [0.2, 0.25) is 0 Å². The Morgan fingerprint density at radius 3 is 2.80 bits per heavy atom. The van der Waals surface area contributed by atoms with Gasteiger partial charge in [-0.2, -0.15) is 0 Å². The maximum atomic E-state index is 12.7. The minimum Gasteiger partial charge on any atom is -0.280 e. The van der Waals surface area contributed by atoms with Crippen LogP contribution in [0.3, 0.4) is 0 Å². The third-order valence-electron chi connectivity index (χ3n) is 3.58. The molecule has 2 heterocycles. The molecule has 0 saturated heterocycles. The van der Waals surface area contributed by atoms with E-state index in [-0.39, 0.29) is 10.4 Å². The molecule has 0 saturated carbocycles. The molecule has 0 unspecified atom stereocenters. The van der Waals surface area contributed by atoms with E-state index in [2.05, 4.69) is 35.2 Å². The number of fused-ring (bicyclic) bond motifs is 1. The molecule has 0 amide bonds. The van der Waals surface area contributed by atoms with Crippen molar-refractivity contribution in [2.45, 2.75) is 11.8 Å². The summed E-state index contributed by atoms with van der Waals surface area (Å²) in [6.45, 7) is 1.83. The van der Waals surface area contributed by atoms with E-state index >= 15 is 0 Å². The molecule has 10 nitrogen and oxygen atoms in total. The van der Waals surface area contributed by atoms with Crippen molar-refractivity contribution < 1.29 is 13.0 Å². The van der Waals surface area contributed by atoms with Gasteiger partial charge in [0.15, 0.2) is 5.52 Å². The monoisotopic (exact) mass is 357 g/mol. The number of sulfonamides is 1. The van der Waals surface area contributed by atoms with Crippen LogP contribution in [0.4, 0.5) is 5.69 Å². The van der Waals surface area contributed by atoms with Crippen molar-refractivity contribution >= 4 is 26.7 Å². The van der Waals surface area contributed by atoms with Crippen LogP contribution in [0.15, 0.2) is 52.3 Å². The second-order valence-electron chi connectivity index (χ2n) is 5.25. The standard InChI is InChI=1S/C14H11N7O3S/c1-9-7-10(5-6-12(9)21-8-15-19-20-21)18-25(22,23)13-4-2-3-11-14(13)17-24-16-11/h2-8,18H,1H3. The third kappa shape index (κ3) is 2.70. The first kappa shape index (κ1) is 15.2.